The molecular weight excluding hydrogens is 322 g/mol. The molecule has 0 radical (unpaired) electrons. The van der Waals surface area contributed by atoms with E-state index >= 15 is 0 Å². The molecule has 112 valence electrons. The van der Waals surface area contributed by atoms with Gasteiger partial charge in [0, 0.05) is 21.0 Å². The Hall–Kier alpha value is -2.22. The Kier molecular flexibility index (Phi) is 3.69. The first-order chi connectivity index (χ1) is 10.4. The van der Waals surface area contributed by atoms with Gasteiger partial charge in [-0.25, -0.2) is 0 Å². The molecule has 0 aliphatic rings. The molecule has 0 fully saturated rings. The summed E-state index contributed by atoms with van der Waals surface area (Å²) in [7, 11) is -4.11. The van der Waals surface area contributed by atoms with E-state index in [-0.39, 0.29) is 11.2 Å². The monoisotopic (exact) mass is 333 g/mol. The van der Waals surface area contributed by atoms with E-state index in [4.69, 9.17) is 5.14 Å². The normalized spacial score (nSPS) is 11.5. The summed E-state index contributed by atoms with van der Waals surface area (Å²) in [6.07, 6.45) is 0. The van der Waals surface area contributed by atoms with Crippen molar-refractivity contribution in [3.63, 3.8) is 0 Å². The summed E-state index contributed by atoms with van der Waals surface area (Å²) in [6, 6.07) is 15.6. The van der Waals surface area contributed by atoms with Crippen LogP contribution in [0.2, 0.25) is 0 Å². The summed E-state index contributed by atoms with van der Waals surface area (Å²) in [5.41, 5.74) is 0.754. The molecule has 0 aliphatic heterocycles. The van der Waals surface area contributed by atoms with Gasteiger partial charge in [0.2, 0.25) is 0 Å². The van der Waals surface area contributed by atoms with Crippen LogP contribution in [0.1, 0.15) is 0 Å². The van der Waals surface area contributed by atoms with Crippen LogP contribution in [0.15, 0.2) is 59.4 Å². The van der Waals surface area contributed by atoms with Crippen molar-refractivity contribution in [1.29, 1.82) is 0 Å². The van der Waals surface area contributed by atoms with Crippen LogP contribution in [-0.4, -0.2) is 8.42 Å². The maximum absolute atomic E-state index is 12.3. The SMILES string of the molecule is NS(=O)(=O)Oc1ccc2sc(-c3ccccc3)cc(=O)c2c1. The molecule has 0 saturated carbocycles. The second kappa shape index (κ2) is 5.53. The molecule has 0 bridgehead atoms. The van der Waals surface area contributed by atoms with Gasteiger partial charge in [-0.1, -0.05) is 30.3 Å². The molecule has 5 nitrogen and oxygen atoms in total. The Morgan fingerprint density at radius 1 is 1.00 bits per heavy atom. The van der Waals surface area contributed by atoms with Gasteiger partial charge in [0.1, 0.15) is 5.75 Å². The molecule has 0 atom stereocenters. The molecule has 3 rings (SSSR count). The summed E-state index contributed by atoms with van der Waals surface area (Å²) < 4.78 is 27.2. The lowest BCUT2D eigenvalue weighted by atomic mass is 10.1. The van der Waals surface area contributed by atoms with Crippen molar-refractivity contribution in [2.75, 3.05) is 0 Å². The Morgan fingerprint density at radius 3 is 2.41 bits per heavy atom. The first-order valence-electron chi connectivity index (χ1n) is 6.28. The van der Waals surface area contributed by atoms with Crippen molar-refractivity contribution in [2.24, 2.45) is 5.14 Å². The van der Waals surface area contributed by atoms with E-state index < -0.39 is 10.3 Å². The fourth-order valence-corrected chi connectivity index (χ4v) is 3.50. The van der Waals surface area contributed by atoms with E-state index in [0.717, 1.165) is 15.1 Å². The molecule has 0 amide bonds. The largest absolute Gasteiger partial charge is 0.380 e. The molecule has 3 aromatic rings. The maximum atomic E-state index is 12.3. The zero-order chi connectivity index (χ0) is 15.7. The highest BCUT2D eigenvalue weighted by molar-refractivity contribution is 7.84. The van der Waals surface area contributed by atoms with Crippen LogP contribution in [0, 0.1) is 0 Å². The number of hydrogen-bond acceptors (Lipinski definition) is 5. The van der Waals surface area contributed by atoms with Crippen molar-refractivity contribution in [2.45, 2.75) is 0 Å². The summed E-state index contributed by atoms with van der Waals surface area (Å²) in [6.45, 7) is 0. The zero-order valence-electron chi connectivity index (χ0n) is 11.2. The minimum Gasteiger partial charge on any atom is -0.371 e. The lowest BCUT2D eigenvalue weighted by Crippen LogP contribution is -2.19. The third-order valence-electron chi connectivity index (χ3n) is 2.97. The third-order valence-corrected chi connectivity index (χ3v) is 4.54. The molecule has 2 aromatic carbocycles. The van der Waals surface area contributed by atoms with Crippen LogP contribution in [-0.2, 0) is 10.3 Å². The summed E-state index contributed by atoms with van der Waals surface area (Å²) in [4.78, 5) is 13.1. The highest BCUT2D eigenvalue weighted by Crippen LogP contribution is 2.29. The van der Waals surface area contributed by atoms with Crippen molar-refractivity contribution in [3.05, 3.63) is 64.8 Å². The second-order valence-corrected chi connectivity index (χ2v) is 6.81. The summed E-state index contributed by atoms with van der Waals surface area (Å²) >= 11 is 1.44. The highest BCUT2D eigenvalue weighted by Gasteiger charge is 2.09. The molecule has 0 saturated heterocycles. The predicted molar refractivity (Wildman–Crippen MR) is 87.3 cm³/mol. The van der Waals surface area contributed by atoms with Crippen molar-refractivity contribution >= 4 is 31.7 Å². The smallest absolute Gasteiger partial charge is 0.371 e. The maximum Gasteiger partial charge on any atom is 0.380 e. The first kappa shape index (κ1) is 14.7. The van der Waals surface area contributed by atoms with Gasteiger partial charge in [-0.2, -0.15) is 13.6 Å². The van der Waals surface area contributed by atoms with Gasteiger partial charge in [-0.05, 0) is 23.8 Å². The van der Waals surface area contributed by atoms with E-state index in [9.17, 15) is 13.2 Å². The van der Waals surface area contributed by atoms with Crippen LogP contribution >= 0.6 is 11.3 Å². The van der Waals surface area contributed by atoms with E-state index in [1.54, 1.807) is 6.07 Å². The van der Waals surface area contributed by atoms with Gasteiger partial charge in [0.25, 0.3) is 0 Å². The minimum absolute atomic E-state index is 0.0201. The van der Waals surface area contributed by atoms with Crippen LogP contribution < -0.4 is 14.8 Å². The molecule has 2 N–H and O–H groups in total. The Balaban J connectivity index is 2.13. The van der Waals surface area contributed by atoms with Crippen LogP contribution in [0.3, 0.4) is 0 Å². The predicted octanol–water partition coefficient (Wildman–Crippen LogP) is 2.51. The highest BCUT2D eigenvalue weighted by atomic mass is 32.2. The minimum atomic E-state index is -4.11. The van der Waals surface area contributed by atoms with E-state index in [1.165, 1.54) is 29.5 Å². The van der Waals surface area contributed by atoms with Gasteiger partial charge in [-0.3, -0.25) is 4.79 Å². The number of nitrogens with two attached hydrogens (primary N) is 1. The Morgan fingerprint density at radius 2 is 1.73 bits per heavy atom. The Labute approximate surface area is 130 Å². The van der Waals surface area contributed by atoms with Gasteiger partial charge < -0.3 is 4.18 Å². The second-order valence-electron chi connectivity index (χ2n) is 4.58. The topological polar surface area (TPSA) is 86.5 Å². The number of hydrogen-bond donors (Lipinski definition) is 1. The van der Waals surface area contributed by atoms with Crippen molar-refractivity contribution in [3.8, 4) is 16.2 Å². The molecule has 1 heterocycles. The molecule has 7 heteroatoms. The molecular formula is C15H11NO4S2. The van der Waals surface area contributed by atoms with Gasteiger partial charge >= 0.3 is 10.3 Å². The number of rotatable bonds is 3. The summed E-state index contributed by atoms with van der Waals surface area (Å²) in [5, 5.41) is 5.22. The van der Waals surface area contributed by atoms with Crippen molar-refractivity contribution in [1.82, 2.24) is 0 Å². The molecule has 0 unspecified atom stereocenters. The lowest BCUT2D eigenvalue weighted by molar-refractivity contribution is 0.488. The van der Waals surface area contributed by atoms with Gasteiger partial charge in [-0.15, -0.1) is 11.3 Å². The van der Waals surface area contributed by atoms with Crippen LogP contribution in [0.25, 0.3) is 20.5 Å². The standard InChI is InChI=1S/C15H11NO4S2/c16-22(18,19)20-11-6-7-14-12(8-11)13(17)9-15(21-14)10-4-2-1-3-5-10/h1-9H,(H2,16,18,19). The van der Waals surface area contributed by atoms with Crippen LogP contribution in [0.4, 0.5) is 0 Å². The third kappa shape index (κ3) is 3.16. The van der Waals surface area contributed by atoms with E-state index in [1.807, 2.05) is 30.3 Å². The zero-order valence-corrected chi connectivity index (χ0v) is 12.9. The Bertz CT molecular complexity index is 995. The van der Waals surface area contributed by atoms with Crippen molar-refractivity contribution < 1.29 is 12.6 Å². The number of fused-ring (bicyclic) bond motifs is 1. The molecule has 0 aliphatic carbocycles. The fourth-order valence-electron chi connectivity index (χ4n) is 2.07. The molecule has 22 heavy (non-hydrogen) atoms. The van der Waals surface area contributed by atoms with Gasteiger partial charge in [0.05, 0.1) is 0 Å². The fraction of sp³-hybridized carbons (Fsp3) is 0. The van der Waals surface area contributed by atoms with E-state index in [2.05, 4.69) is 4.18 Å². The van der Waals surface area contributed by atoms with Crippen LogP contribution in [0.5, 0.6) is 5.75 Å². The first-order valence-corrected chi connectivity index (χ1v) is 8.57. The average molecular weight is 333 g/mol. The summed E-state index contributed by atoms with van der Waals surface area (Å²) in [5.74, 6) is 0.0201. The molecule has 1 aromatic heterocycles. The quantitative estimate of drug-likeness (QED) is 0.798. The average Bonchev–Trinajstić information content (AvgIpc) is 2.47. The molecule has 0 spiro atoms. The number of benzene rings is 2. The van der Waals surface area contributed by atoms with E-state index in [0.29, 0.717) is 5.39 Å². The lowest BCUT2D eigenvalue weighted by Gasteiger charge is -2.05. The van der Waals surface area contributed by atoms with Gasteiger partial charge in [0.15, 0.2) is 5.43 Å².